The molecule has 0 spiro atoms. The fourth-order valence-electron chi connectivity index (χ4n) is 3.17. The van der Waals surface area contributed by atoms with E-state index in [0.717, 1.165) is 21.8 Å². The number of aromatic amines is 1. The number of fused-ring (bicyclic) bond motifs is 3. The Morgan fingerprint density at radius 2 is 1.93 bits per heavy atom. The summed E-state index contributed by atoms with van der Waals surface area (Å²) in [6.45, 7) is 0.126. The Bertz CT molecular complexity index is 1260. The number of H-pyrrole nitrogens is 1. The monoisotopic (exact) mass is 389 g/mol. The fourth-order valence-corrected chi connectivity index (χ4v) is 3.17. The maximum absolute atomic E-state index is 11.0. The highest BCUT2D eigenvalue weighted by Crippen LogP contribution is 2.35. The molecule has 29 heavy (non-hydrogen) atoms. The summed E-state index contributed by atoms with van der Waals surface area (Å²) in [5, 5.41) is 19.5. The molecule has 4 rings (SSSR count). The summed E-state index contributed by atoms with van der Waals surface area (Å²) in [7, 11) is 1.51. The van der Waals surface area contributed by atoms with E-state index in [2.05, 4.69) is 16.0 Å². The summed E-state index contributed by atoms with van der Waals surface area (Å²) in [5.74, 6) is 1.16. The summed E-state index contributed by atoms with van der Waals surface area (Å²) < 4.78 is 16.0. The zero-order chi connectivity index (χ0) is 20.4. The van der Waals surface area contributed by atoms with Crippen LogP contribution < -0.4 is 9.47 Å². The quantitative estimate of drug-likeness (QED) is 0.480. The third kappa shape index (κ3) is 3.54. The smallest absolute Gasteiger partial charge is 0.457 e. The van der Waals surface area contributed by atoms with E-state index in [4.69, 9.17) is 24.6 Å². The molecule has 0 fully saturated rings. The lowest BCUT2D eigenvalue weighted by Gasteiger charge is -2.09. The van der Waals surface area contributed by atoms with Crippen LogP contribution in [0.25, 0.3) is 21.8 Å². The molecule has 144 valence electrons. The Labute approximate surface area is 164 Å². The van der Waals surface area contributed by atoms with Gasteiger partial charge in [0, 0.05) is 23.4 Å². The molecule has 0 saturated heterocycles. The van der Waals surface area contributed by atoms with Gasteiger partial charge in [-0.15, -0.1) is 0 Å². The summed E-state index contributed by atoms with van der Waals surface area (Å²) in [4.78, 5) is 18.4. The van der Waals surface area contributed by atoms with Crippen molar-refractivity contribution in [2.45, 2.75) is 6.61 Å². The van der Waals surface area contributed by atoms with Crippen LogP contribution in [0.3, 0.4) is 0 Å². The number of nitriles is 1. The van der Waals surface area contributed by atoms with Crippen molar-refractivity contribution in [1.82, 2.24) is 9.97 Å². The van der Waals surface area contributed by atoms with E-state index in [0.29, 0.717) is 22.6 Å². The number of ether oxygens (including phenoxy) is 3. The van der Waals surface area contributed by atoms with Crippen LogP contribution in [-0.4, -0.2) is 28.3 Å². The van der Waals surface area contributed by atoms with Crippen molar-refractivity contribution in [2.75, 3.05) is 7.11 Å². The van der Waals surface area contributed by atoms with Crippen molar-refractivity contribution in [1.29, 1.82) is 5.26 Å². The number of carbonyl (C=O) groups is 1. The maximum Gasteiger partial charge on any atom is 0.512 e. The van der Waals surface area contributed by atoms with Crippen LogP contribution in [0.2, 0.25) is 0 Å². The number of carboxylic acid groups (broad SMARTS) is 1. The van der Waals surface area contributed by atoms with E-state index in [9.17, 15) is 4.79 Å². The van der Waals surface area contributed by atoms with Crippen LogP contribution in [0.5, 0.6) is 17.4 Å². The molecule has 0 radical (unpaired) electrons. The Kier molecular flexibility index (Phi) is 4.73. The first kappa shape index (κ1) is 18.3. The van der Waals surface area contributed by atoms with Crippen molar-refractivity contribution in [3.8, 4) is 23.4 Å². The predicted octanol–water partition coefficient (Wildman–Crippen LogP) is 4.58. The molecule has 0 unspecified atom stereocenters. The third-order valence-corrected chi connectivity index (χ3v) is 4.36. The summed E-state index contributed by atoms with van der Waals surface area (Å²) in [6, 6.07) is 14.4. The SMILES string of the molecule is COCc1c(OC(=O)O)ncc2[nH]c3ccc(Oc4ccc(C#N)cc4)cc3c12. The molecule has 0 aliphatic heterocycles. The first-order valence-corrected chi connectivity index (χ1v) is 8.60. The minimum absolute atomic E-state index is 0.0221. The molecule has 0 bridgehead atoms. The fraction of sp³-hybridized carbons (Fsp3) is 0.0952. The van der Waals surface area contributed by atoms with E-state index >= 15 is 0 Å². The molecule has 0 aliphatic rings. The molecule has 2 N–H and O–H groups in total. The predicted molar refractivity (Wildman–Crippen MR) is 104 cm³/mol. The van der Waals surface area contributed by atoms with Crippen molar-refractivity contribution in [3.63, 3.8) is 0 Å². The summed E-state index contributed by atoms with van der Waals surface area (Å²) >= 11 is 0. The van der Waals surface area contributed by atoms with Gasteiger partial charge in [0.25, 0.3) is 0 Å². The number of methoxy groups -OCH3 is 1. The normalized spacial score (nSPS) is 10.8. The van der Waals surface area contributed by atoms with Gasteiger partial charge in [0.05, 0.1) is 35.5 Å². The van der Waals surface area contributed by atoms with Crippen LogP contribution >= 0.6 is 0 Å². The van der Waals surface area contributed by atoms with Crippen molar-refractivity contribution >= 4 is 28.0 Å². The second-order valence-electron chi connectivity index (χ2n) is 6.20. The minimum atomic E-state index is -1.45. The van der Waals surface area contributed by atoms with Gasteiger partial charge in [-0.25, -0.2) is 9.78 Å². The number of rotatable bonds is 5. The number of nitrogens with zero attached hydrogens (tertiary/aromatic N) is 2. The highest BCUT2D eigenvalue weighted by Gasteiger charge is 2.18. The number of benzene rings is 2. The maximum atomic E-state index is 11.0. The third-order valence-electron chi connectivity index (χ3n) is 4.36. The molecule has 8 heteroatoms. The van der Waals surface area contributed by atoms with Gasteiger partial charge in [0.2, 0.25) is 5.88 Å². The van der Waals surface area contributed by atoms with Crippen molar-refractivity contribution in [3.05, 3.63) is 59.8 Å². The lowest BCUT2D eigenvalue weighted by atomic mass is 10.1. The van der Waals surface area contributed by atoms with Crippen LogP contribution in [0.1, 0.15) is 11.1 Å². The molecule has 2 heterocycles. The van der Waals surface area contributed by atoms with E-state index in [-0.39, 0.29) is 12.5 Å². The topological polar surface area (TPSA) is 117 Å². The van der Waals surface area contributed by atoms with Gasteiger partial charge in [-0.2, -0.15) is 5.26 Å². The zero-order valence-electron chi connectivity index (χ0n) is 15.3. The molecule has 8 nitrogen and oxygen atoms in total. The molecule has 0 atom stereocenters. The zero-order valence-corrected chi connectivity index (χ0v) is 15.3. The van der Waals surface area contributed by atoms with E-state index in [1.54, 1.807) is 24.3 Å². The van der Waals surface area contributed by atoms with Crippen LogP contribution in [0.15, 0.2) is 48.7 Å². The average molecular weight is 389 g/mol. The standard InChI is InChI=1S/C21H15N3O5/c1-27-11-16-19-15-8-14(28-13-4-2-12(9-22)3-5-13)6-7-17(15)24-18(19)10-23-20(16)29-21(25)26/h2-8,10,24H,11H2,1H3,(H,25,26). The Morgan fingerprint density at radius 3 is 2.62 bits per heavy atom. The molecular weight excluding hydrogens is 374 g/mol. The second-order valence-corrected chi connectivity index (χ2v) is 6.20. The van der Waals surface area contributed by atoms with Gasteiger partial charge < -0.3 is 24.3 Å². The van der Waals surface area contributed by atoms with E-state index < -0.39 is 6.16 Å². The number of nitrogens with one attached hydrogen (secondary N) is 1. The molecular formula is C21H15N3O5. The average Bonchev–Trinajstić information content (AvgIpc) is 3.08. The van der Waals surface area contributed by atoms with Crippen molar-refractivity contribution < 1.29 is 24.1 Å². The first-order chi connectivity index (χ1) is 14.1. The molecule has 0 amide bonds. The minimum Gasteiger partial charge on any atom is -0.457 e. The van der Waals surface area contributed by atoms with Crippen LogP contribution in [-0.2, 0) is 11.3 Å². The van der Waals surface area contributed by atoms with Gasteiger partial charge in [-0.1, -0.05) is 0 Å². The van der Waals surface area contributed by atoms with Gasteiger partial charge in [-0.05, 0) is 42.5 Å². The summed E-state index contributed by atoms with van der Waals surface area (Å²) in [5.41, 5.74) is 2.63. The Balaban J connectivity index is 1.82. The lowest BCUT2D eigenvalue weighted by molar-refractivity contribution is 0.139. The molecule has 2 aromatic heterocycles. The number of hydrogen-bond donors (Lipinski definition) is 2. The molecule has 4 aromatic rings. The Hall–Kier alpha value is -4.09. The number of hydrogen-bond acceptors (Lipinski definition) is 6. The first-order valence-electron chi connectivity index (χ1n) is 8.60. The van der Waals surface area contributed by atoms with E-state index in [1.165, 1.54) is 13.3 Å². The Morgan fingerprint density at radius 1 is 1.17 bits per heavy atom. The lowest BCUT2D eigenvalue weighted by Crippen LogP contribution is -2.07. The summed E-state index contributed by atoms with van der Waals surface area (Å²) in [6.07, 6.45) is 0.0763. The number of aromatic nitrogens is 2. The highest BCUT2D eigenvalue weighted by atomic mass is 16.7. The van der Waals surface area contributed by atoms with Crippen LogP contribution in [0.4, 0.5) is 4.79 Å². The van der Waals surface area contributed by atoms with Gasteiger partial charge in [0.15, 0.2) is 0 Å². The number of pyridine rings is 1. The van der Waals surface area contributed by atoms with Crippen LogP contribution in [0, 0.1) is 11.3 Å². The molecule has 0 aliphatic carbocycles. The molecule has 2 aromatic carbocycles. The van der Waals surface area contributed by atoms with Gasteiger partial charge >= 0.3 is 6.16 Å². The largest absolute Gasteiger partial charge is 0.512 e. The van der Waals surface area contributed by atoms with Gasteiger partial charge in [-0.3, -0.25) is 0 Å². The molecule has 0 saturated carbocycles. The van der Waals surface area contributed by atoms with Crippen molar-refractivity contribution in [2.24, 2.45) is 0 Å². The van der Waals surface area contributed by atoms with E-state index in [1.807, 2.05) is 18.2 Å². The highest BCUT2D eigenvalue weighted by molar-refractivity contribution is 6.09. The second kappa shape index (κ2) is 7.50. The van der Waals surface area contributed by atoms with Gasteiger partial charge in [0.1, 0.15) is 11.5 Å².